The fourth-order valence-corrected chi connectivity index (χ4v) is 2.21. The van der Waals surface area contributed by atoms with Gasteiger partial charge in [0, 0.05) is 19.1 Å². The molecule has 76 valence electrons. The summed E-state index contributed by atoms with van der Waals surface area (Å²) in [7, 11) is 3.98. The Morgan fingerprint density at radius 1 is 1.62 bits per heavy atom. The maximum atomic E-state index is 5.54. The summed E-state index contributed by atoms with van der Waals surface area (Å²) < 4.78 is 5.54. The highest BCUT2D eigenvalue weighted by molar-refractivity contribution is 4.92. The highest BCUT2D eigenvalue weighted by Crippen LogP contribution is 2.24. The Kier molecular flexibility index (Phi) is 3.94. The van der Waals surface area contributed by atoms with Gasteiger partial charge in [-0.25, -0.2) is 0 Å². The van der Waals surface area contributed by atoms with Gasteiger partial charge in [-0.3, -0.25) is 0 Å². The minimum absolute atomic E-state index is 0.310. The molecule has 0 radical (unpaired) electrons. The Morgan fingerprint density at radius 2 is 2.31 bits per heavy atom. The van der Waals surface area contributed by atoms with Crippen molar-refractivity contribution in [2.24, 2.45) is 5.92 Å². The van der Waals surface area contributed by atoms with E-state index < -0.39 is 0 Å². The van der Waals surface area contributed by atoms with Gasteiger partial charge in [-0.2, -0.15) is 0 Å². The molecule has 1 rings (SSSR count). The largest absolute Gasteiger partial charge is 0.379 e. The highest BCUT2D eigenvalue weighted by Gasteiger charge is 2.31. The molecular formula is C11H21NO. The van der Waals surface area contributed by atoms with Crippen LogP contribution in [0.15, 0.2) is 12.7 Å². The molecule has 1 fully saturated rings. The molecule has 3 atom stereocenters. The summed E-state index contributed by atoms with van der Waals surface area (Å²) in [6, 6.07) is 0.581. The Hall–Kier alpha value is -0.340. The van der Waals surface area contributed by atoms with Gasteiger partial charge in [0.15, 0.2) is 0 Å². The lowest BCUT2D eigenvalue weighted by atomic mass is 9.96. The first-order chi connectivity index (χ1) is 6.20. The quantitative estimate of drug-likeness (QED) is 0.617. The van der Waals surface area contributed by atoms with Crippen LogP contribution in [0.4, 0.5) is 0 Å². The van der Waals surface area contributed by atoms with Gasteiger partial charge in [-0.05, 0) is 26.4 Å². The molecule has 0 spiro atoms. The molecule has 0 aromatic carbocycles. The summed E-state index contributed by atoms with van der Waals surface area (Å²) in [5.41, 5.74) is 0. The van der Waals surface area contributed by atoms with Gasteiger partial charge in [-0.1, -0.05) is 13.0 Å². The van der Waals surface area contributed by atoms with Crippen molar-refractivity contribution in [3.63, 3.8) is 0 Å². The average Bonchev–Trinajstić information content (AvgIpc) is 2.53. The molecule has 0 aromatic heterocycles. The van der Waals surface area contributed by atoms with Crippen molar-refractivity contribution < 1.29 is 4.74 Å². The topological polar surface area (TPSA) is 12.5 Å². The Balaban J connectivity index is 2.59. The van der Waals surface area contributed by atoms with E-state index >= 15 is 0 Å². The smallest absolute Gasteiger partial charge is 0.0785 e. The third-order valence-corrected chi connectivity index (χ3v) is 3.12. The van der Waals surface area contributed by atoms with Crippen LogP contribution < -0.4 is 0 Å². The minimum atomic E-state index is 0.310. The second kappa shape index (κ2) is 4.77. The second-order valence-corrected chi connectivity index (χ2v) is 3.99. The molecule has 0 bridgehead atoms. The molecular weight excluding hydrogens is 162 g/mol. The zero-order valence-electron chi connectivity index (χ0n) is 8.99. The number of nitrogens with zero attached hydrogens (tertiary/aromatic N) is 1. The lowest BCUT2D eigenvalue weighted by Crippen LogP contribution is -2.40. The number of hydrogen-bond donors (Lipinski definition) is 0. The Bertz CT molecular complexity index is 169. The van der Waals surface area contributed by atoms with Crippen molar-refractivity contribution in [1.29, 1.82) is 0 Å². The van der Waals surface area contributed by atoms with Crippen LogP contribution in [0.25, 0.3) is 0 Å². The molecule has 13 heavy (non-hydrogen) atoms. The van der Waals surface area contributed by atoms with Gasteiger partial charge in [0.25, 0.3) is 0 Å². The van der Waals surface area contributed by atoms with Crippen molar-refractivity contribution in [2.45, 2.75) is 31.9 Å². The van der Waals surface area contributed by atoms with E-state index in [1.807, 2.05) is 6.08 Å². The number of likely N-dealkylation sites (tertiary alicyclic amines) is 1. The number of rotatable bonds is 4. The predicted molar refractivity (Wildman–Crippen MR) is 55.8 cm³/mol. The van der Waals surface area contributed by atoms with Gasteiger partial charge >= 0.3 is 0 Å². The molecule has 1 aliphatic rings. The van der Waals surface area contributed by atoms with E-state index in [1.165, 1.54) is 19.4 Å². The molecule has 0 aromatic rings. The predicted octanol–water partition coefficient (Wildman–Crippen LogP) is 1.92. The van der Waals surface area contributed by atoms with Gasteiger partial charge in [0.2, 0.25) is 0 Å². The highest BCUT2D eigenvalue weighted by atomic mass is 16.5. The summed E-state index contributed by atoms with van der Waals surface area (Å²) >= 11 is 0. The molecule has 2 heteroatoms. The molecule has 1 aliphatic heterocycles. The maximum Gasteiger partial charge on any atom is 0.0785 e. The van der Waals surface area contributed by atoms with Crippen LogP contribution in [0.2, 0.25) is 0 Å². The Labute approximate surface area is 81.6 Å². The summed E-state index contributed by atoms with van der Waals surface area (Å²) in [6.45, 7) is 7.20. The first-order valence-corrected chi connectivity index (χ1v) is 5.06. The van der Waals surface area contributed by atoms with Crippen LogP contribution in [0.1, 0.15) is 19.8 Å². The van der Waals surface area contributed by atoms with E-state index in [2.05, 4.69) is 25.5 Å². The SMILES string of the molecule is C=CC(C)C(OC)C1CCCN1C. The van der Waals surface area contributed by atoms with Crippen LogP contribution in [-0.2, 0) is 4.74 Å². The van der Waals surface area contributed by atoms with E-state index in [0.717, 1.165) is 0 Å². The standard InChI is InChI=1S/C11H21NO/c1-5-9(2)11(13-4)10-7-6-8-12(10)3/h5,9-11H,1,6-8H2,2-4H3. The lowest BCUT2D eigenvalue weighted by Gasteiger charge is -2.30. The third kappa shape index (κ3) is 2.32. The van der Waals surface area contributed by atoms with E-state index in [-0.39, 0.29) is 0 Å². The fraction of sp³-hybridized carbons (Fsp3) is 0.818. The van der Waals surface area contributed by atoms with Crippen LogP contribution in [0.5, 0.6) is 0 Å². The fourth-order valence-electron chi connectivity index (χ4n) is 2.21. The molecule has 0 amide bonds. The average molecular weight is 183 g/mol. The lowest BCUT2D eigenvalue weighted by molar-refractivity contribution is 0.0158. The zero-order valence-corrected chi connectivity index (χ0v) is 8.99. The van der Waals surface area contributed by atoms with Crippen molar-refractivity contribution >= 4 is 0 Å². The molecule has 1 heterocycles. The van der Waals surface area contributed by atoms with Crippen LogP contribution in [0.3, 0.4) is 0 Å². The van der Waals surface area contributed by atoms with Gasteiger partial charge in [-0.15, -0.1) is 6.58 Å². The van der Waals surface area contributed by atoms with Crippen LogP contribution >= 0.6 is 0 Å². The molecule has 0 N–H and O–H groups in total. The van der Waals surface area contributed by atoms with Gasteiger partial charge < -0.3 is 9.64 Å². The number of hydrogen-bond acceptors (Lipinski definition) is 2. The molecule has 3 unspecified atom stereocenters. The van der Waals surface area contributed by atoms with Crippen molar-refractivity contribution in [3.8, 4) is 0 Å². The van der Waals surface area contributed by atoms with E-state index in [9.17, 15) is 0 Å². The second-order valence-electron chi connectivity index (χ2n) is 3.99. The summed E-state index contributed by atoms with van der Waals surface area (Å²) in [6.07, 6.45) is 4.85. The van der Waals surface area contributed by atoms with Crippen LogP contribution in [-0.4, -0.2) is 37.7 Å². The molecule has 0 saturated carbocycles. The number of methoxy groups -OCH3 is 1. The van der Waals surface area contributed by atoms with E-state index in [1.54, 1.807) is 7.11 Å². The number of ether oxygens (including phenoxy) is 1. The monoisotopic (exact) mass is 183 g/mol. The van der Waals surface area contributed by atoms with Gasteiger partial charge in [0.1, 0.15) is 0 Å². The zero-order chi connectivity index (χ0) is 9.84. The summed E-state index contributed by atoms with van der Waals surface area (Å²) in [5.74, 6) is 0.440. The van der Waals surface area contributed by atoms with E-state index in [4.69, 9.17) is 4.74 Å². The third-order valence-electron chi connectivity index (χ3n) is 3.12. The summed E-state index contributed by atoms with van der Waals surface area (Å²) in [4.78, 5) is 2.40. The van der Waals surface area contributed by atoms with E-state index in [0.29, 0.717) is 18.1 Å². The molecule has 0 aliphatic carbocycles. The normalized spacial score (nSPS) is 28.7. The first kappa shape index (κ1) is 10.7. The Morgan fingerprint density at radius 3 is 2.69 bits per heavy atom. The van der Waals surface area contributed by atoms with Crippen molar-refractivity contribution in [2.75, 3.05) is 20.7 Å². The van der Waals surface area contributed by atoms with Gasteiger partial charge in [0.05, 0.1) is 6.10 Å². The van der Waals surface area contributed by atoms with Crippen molar-refractivity contribution in [1.82, 2.24) is 4.90 Å². The number of likely N-dealkylation sites (N-methyl/N-ethyl adjacent to an activating group) is 1. The van der Waals surface area contributed by atoms with Crippen LogP contribution in [0, 0.1) is 5.92 Å². The minimum Gasteiger partial charge on any atom is -0.379 e. The first-order valence-electron chi connectivity index (χ1n) is 5.06. The molecule has 2 nitrogen and oxygen atoms in total. The maximum absolute atomic E-state index is 5.54. The summed E-state index contributed by atoms with van der Waals surface area (Å²) in [5, 5.41) is 0. The molecule has 1 saturated heterocycles. The van der Waals surface area contributed by atoms with Crippen molar-refractivity contribution in [3.05, 3.63) is 12.7 Å².